The molecule has 2 amide bonds. The Morgan fingerprint density at radius 3 is 2.34 bits per heavy atom. The van der Waals surface area contributed by atoms with E-state index in [0.29, 0.717) is 13.0 Å². The first-order valence-electron chi connectivity index (χ1n) is 11.1. The van der Waals surface area contributed by atoms with Crippen LogP contribution in [0, 0.1) is 5.92 Å². The number of carbonyl (C=O) groups is 3. The smallest absolute Gasteiger partial charge is 0.232 e. The molecule has 0 bridgehead atoms. The molecule has 3 aromatic carbocycles. The maximum Gasteiger partial charge on any atom is 0.232 e. The van der Waals surface area contributed by atoms with Gasteiger partial charge in [-0.25, -0.2) is 0 Å². The average molecular weight is 427 g/mol. The van der Waals surface area contributed by atoms with E-state index < -0.39 is 0 Å². The van der Waals surface area contributed by atoms with Gasteiger partial charge in [0.1, 0.15) is 0 Å². The Morgan fingerprint density at radius 1 is 0.938 bits per heavy atom. The zero-order valence-corrected chi connectivity index (χ0v) is 18.6. The molecule has 0 spiro atoms. The number of fused-ring (bicyclic) bond motifs is 2. The van der Waals surface area contributed by atoms with Crippen molar-refractivity contribution in [3.8, 4) is 11.1 Å². The minimum Gasteiger partial charge on any atom is -0.378 e. The number of anilines is 1. The van der Waals surface area contributed by atoms with Crippen LogP contribution in [0.4, 0.5) is 5.69 Å². The normalized spacial score (nSPS) is 18.0. The lowest BCUT2D eigenvalue weighted by atomic mass is 9.90. The van der Waals surface area contributed by atoms with Gasteiger partial charge in [-0.05, 0) is 46.0 Å². The highest BCUT2D eigenvalue weighted by atomic mass is 16.2. The Morgan fingerprint density at radius 2 is 1.69 bits per heavy atom. The molecule has 1 unspecified atom stereocenters. The molecule has 3 aromatic rings. The lowest BCUT2D eigenvalue weighted by molar-refractivity contribution is -0.139. The van der Waals surface area contributed by atoms with Gasteiger partial charge in [0.05, 0.1) is 6.54 Å². The van der Waals surface area contributed by atoms with Crippen molar-refractivity contribution in [2.45, 2.75) is 32.7 Å². The Balaban J connectivity index is 1.59. The minimum absolute atomic E-state index is 0.104. The quantitative estimate of drug-likeness (QED) is 0.573. The number of hydrogen-bond donors (Lipinski definition) is 0. The van der Waals surface area contributed by atoms with Gasteiger partial charge in [0.25, 0.3) is 0 Å². The lowest BCUT2D eigenvalue weighted by Gasteiger charge is -2.18. The van der Waals surface area contributed by atoms with Crippen LogP contribution < -0.4 is 4.90 Å². The molecule has 1 aliphatic carbocycles. The Bertz CT molecular complexity index is 1270. The summed E-state index contributed by atoms with van der Waals surface area (Å²) in [6.45, 7) is 2.09. The van der Waals surface area contributed by atoms with Gasteiger partial charge in [0.2, 0.25) is 11.8 Å². The highest BCUT2D eigenvalue weighted by molar-refractivity contribution is 6.14. The second-order valence-electron chi connectivity index (χ2n) is 9.13. The van der Waals surface area contributed by atoms with E-state index in [1.54, 1.807) is 6.92 Å². The number of imide groups is 1. The molecule has 1 saturated heterocycles. The van der Waals surface area contributed by atoms with Gasteiger partial charge in [-0.1, -0.05) is 43.3 Å². The Labute approximate surface area is 187 Å². The van der Waals surface area contributed by atoms with Crippen molar-refractivity contribution in [3.05, 3.63) is 65.2 Å². The van der Waals surface area contributed by atoms with E-state index in [1.165, 1.54) is 4.90 Å². The van der Waals surface area contributed by atoms with Crippen LogP contribution in [0.2, 0.25) is 0 Å². The Kier molecular flexibility index (Phi) is 4.85. The summed E-state index contributed by atoms with van der Waals surface area (Å²) in [6, 6.07) is 16.4. The van der Waals surface area contributed by atoms with E-state index in [4.69, 9.17) is 0 Å². The van der Waals surface area contributed by atoms with E-state index in [2.05, 4.69) is 29.2 Å². The van der Waals surface area contributed by atoms with Crippen LogP contribution in [-0.4, -0.2) is 36.6 Å². The predicted octanol–water partition coefficient (Wildman–Crippen LogP) is 4.60. The molecular formula is C27H26N2O3. The lowest BCUT2D eigenvalue weighted by Crippen LogP contribution is -2.29. The summed E-state index contributed by atoms with van der Waals surface area (Å²) >= 11 is 0. The molecule has 5 rings (SSSR count). The molecule has 1 fully saturated rings. The highest BCUT2D eigenvalue weighted by Crippen LogP contribution is 2.40. The second kappa shape index (κ2) is 7.59. The monoisotopic (exact) mass is 426 g/mol. The van der Waals surface area contributed by atoms with Gasteiger partial charge in [0.15, 0.2) is 5.78 Å². The molecule has 5 nitrogen and oxygen atoms in total. The summed E-state index contributed by atoms with van der Waals surface area (Å²) in [5.41, 5.74) is 5.90. The van der Waals surface area contributed by atoms with Crippen molar-refractivity contribution in [2.75, 3.05) is 19.0 Å². The van der Waals surface area contributed by atoms with E-state index in [1.807, 2.05) is 38.4 Å². The van der Waals surface area contributed by atoms with Crippen molar-refractivity contribution in [3.63, 3.8) is 0 Å². The van der Waals surface area contributed by atoms with Crippen LogP contribution in [0.1, 0.15) is 41.3 Å². The molecule has 0 aromatic heterocycles. The highest BCUT2D eigenvalue weighted by Gasteiger charge is 2.35. The van der Waals surface area contributed by atoms with Crippen molar-refractivity contribution >= 4 is 34.1 Å². The van der Waals surface area contributed by atoms with Crippen molar-refractivity contribution in [2.24, 2.45) is 5.92 Å². The number of aryl methyl sites for hydroxylation is 1. The fourth-order valence-electron chi connectivity index (χ4n) is 4.88. The summed E-state index contributed by atoms with van der Waals surface area (Å²) in [5.74, 6) is -0.261. The number of ketones is 1. The summed E-state index contributed by atoms with van der Waals surface area (Å²) < 4.78 is 0. The van der Waals surface area contributed by atoms with Gasteiger partial charge in [-0.3, -0.25) is 19.3 Å². The zero-order chi connectivity index (χ0) is 22.6. The summed E-state index contributed by atoms with van der Waals surface area (Å²) in [5, 5.41) is 2.20. The molecule has 162 valence electrons. The molecule has 1 aliphatic heterocycles. The number of carbonyl (C=O) groups excluding carboxylic acids is 3. The summed E-state index contributed by atoms with van der Waals surface area (Å²) in [4.78, 5) is 40.7. The molecule has 0 N–H and O–H groups in total. The van der Waals surface area contributed by atoms with Crippen LogP contribution in [0.25, 0.3) is 21.9 Å². The number of likely N-dealkylation sites (tertiary alicyclic amines) is 1. The fourth-order valence-corrected chi connectivity index (χ4v) is 4.88. The van der Waals surface area contributed by atoms with E-state index >= 15 is 0 Å². The van der Waals surface area contributed by atoms with Gasteiger partial charge in [-0.2, -0.15) is 0 Å². The van der Waals surface area contributed by atoms with Crippen LogP contribution in [0.5, 0.6) is 0 Å². The number of rotatable bonds is 4. The molecule has 1 heterocycles. The van der Waals surface area contributed by atoms with Crippen LogP contribution in [-0.2, 0) is 22.6 Å². The number of nitrogens with zero attached hydrogens (tertiary/aromatic N) is 2. The van der Waals surface area contributed by atoms with E-state index in [-0.39, 0.29) is 29.9 Å². The average Bonchev–Trinajstić information content (AvgIpc) is 3.26. The largest absolute Gasteiger partial charge is 0.378 e. The molecule has 1 atom stereocenters. The first kappa shape index (κ1) is 20.4. The Hall–Kier alpha value is -3.47. The minimum atomic E-state index is -0.239. The van der Waals surface area contributed by atoms with Gasteiger partial charge in [-0.15, -0.1) is 0 Å². The second-order valence-corrected chi connectivity index (χ2v) is 9.13. The summed E-state index contributed by atoms with van der Waals surface area (Å²) in [7, 11) is 4.02. The SMILES string of the molecule is CC1CC(=O)N(Cc2ccc(-c3c4c(cc5ccc(N(C)C)cc35)CCC4=O)cc2)C1=O. The fraction of sp³-hybridized carbons (Fsp3) is 0.296. The predicted molar refractivity (Wildman–Crippen MR) is 126 cm³/mol. The number of Topliss-reactive ketones (excluding diaryl/α,β-unsaturated/α-hetero) is 1. The number of amides is 2. The maximum absolute atomic E-state index is 12.8. The maximum atomic E-state index is 12.8. The number of benzene rings is 3. The van der Waals surface area contributed by atoms with Gasteiger partial charge in [0, 0.05) is 49.7 Å². The molecule has 5 heteroatoms. The molecule has 2 aliphatic rings. The third-order valence-electron chi connectivity index (χ3n) is 6.68. The van der Waals surface area contributed by atoms with E-state index in [0.717, 1.165) is 50.7 Å². The van der Waals surface area contributed by atoms with E-state index in [9.17, 15) is 14.4 Å². The molecule has 0 radical (unpaired) electrons. The van der Waals surface area contributed by atoms with Crippen LogP contribution in [0.15, 0.2) is 48.5 Å². The molecular weight excluding hydrogens is 400 g/mol. The number of hydrogen-bond acceptors (Lipinski definition) is 4. The first-order chi connectivity index (χ1) is 15.3. The zero-order valence-electron chi connectivity index (χ0n) is 18.6. The van der Waals surface area contributed by atoms with Crippen LogP contribution in [0.3, 0.4) is 0 Å². The van der Waals surface area contributed by atoms with Crippen molar-refractivity contribution in [1.29, 1.82) is 0 Å². The third kappa shape index (κ3) is 3.29. The third-order valence-corrected chi connectivity index (χ3v) is 6.68. The van der Waals surface area contributed by atoms with Crippen molar-refractivity contribution < 1.29 is 14.4 Å². The standard InChI is InChI=1S/C27H26N2O3/c1-16-12-24(31)29(27(16)32)15-17-4-6-18(7-5-17)25-22-14-21(28(2)3)10-8-19(22)13-20-9-11-23(30)26(20)25/h4-8,10,13-14,16H,9,11-12,15H2,1-3H3. The van der Waals surface area contributed by atoms with Gasteiger partial charge < -0.3 is 4.90 Å². The molecule has 0 saturated carbocycles. The topological polar surface area (TPSA) is 57.7 Å². The van der Waals surface area contributed by atoms with Crippen molar-refractivity contribution in [1.82, 2.24) is 4.90 Å². The summed E-state index contributed by atoms with van der Waals surface area (Å²) in [6.07, 6.45) is 1.62. The van der Waals surface area contributed by atoms with Gasteiger partial charge >= 0.3 is 0 Å². The first-order valence-corrected chi connectivity index (χ1v) is 11.1. The van der Waals surface area contributed by atoms with Crippen LogP contribution >= 0.6 is 0 Å². The molecule has 32 heavy (non-hydrogen) atoms.